The Hall–Kier alpha value is -1.35. The van der Waals surface area contributed by atoms with Crippen LogP contribution < -0.4 is 4.90 Å². The molecular formula is C16H25N3. The first-order chi connectivity index (χ1) is 9.19. The van der Waals surface area contributed by atoms with Gasteiger partial charge >= 0.3 is 0 Å². The van der Waals surface area contributed by atoms with Crippen molar-refractivity contribution >= 4 is 5.69 Å². The number of hydrogen-bond acceptors (Lipinski definition) is 3. The van der Waals surface area contributed by atoms with Crippen molar-refractivity contribution in [3.05, 3.63) is 35.7 Å². The zero-order chi connectivity index (χ0) is 13.7. The molecule has 1 aliphatic rings. The largest absolute Gasteiger partial charge is 0.370 e. The number of allylic oxidation sites excluding steroid dienone is 1. The van der Waals surface area contributed by atoms with Crippen LogP contribution in [-0.4, -0.2) is 42.6 Å². The van der Waals surface area contributed by atoms with Gasteiger partial charge in [-0.25, -0.2) is 0 Å². The molecule has 104 valence electrons. The van der Waals surface area contributed by atoms with Gasteiger partial charge in [-0.3, -0.25) is 9.88 Å². The van der Waals surface area contributed by atoms with Gasteiger partial charge < -0.3 is 4.90 Å². The normalized spacial score (nSPS) is 18.5. The monoisotopic (exact) mass is 259 g/mol. The minimum absolute atomic E-state index is 1.10. The van der Waals surface area contributed by atoms with E-state index in [4.69, 9.17) is 0 Å². The van der Waals surface area contributed by atoms with E-state index in [0.717, 1.165) is 31.9 Å². The number of aryl methyl sites for hydroxylation is 1. The van der Waals surface area contributed by atoms with Crippen molar-refractivity contribution in [3.8, 4) is 0 Å². The van der Waals surface area contributed by atoms with Gasteiger partial charge in [0.25, 0.3) is 0 Å². The van der Waals surface area contributed by atoms with Gasteiger partial charge in [0.15, 0.2) is 0 Å². The molecule has 2 heterocycles. The summed E-state index contributed by atoms with van der Waals surface area (Å²) >= 11 is 0. The molecule has 0 atom stereocenters. The Bertz CT molecular complexity index is 439. The average Bonchev–Trinajstić information content (AvgIpc) is 2.64. The topological polar surface area (TPSA) is 19.4 Å². The van der Waals surface area contributed by atoms with E-state index >= 15 is 0 Å². The van der Waals surface area contributed by atoms with Gasteiger partial charge in [0.1, 0.15) is 0 Å². The van der Waals surface area contributed by atoms with E-state index in [1.807, 2.05) is 6.20 Å². The zero-order valence-electron chi connectivity index (χ0n) is 12.4. The maximum absolute atomic E-state index is 4.28. The molecule has 3 heteroatoms. The fraction of sp³-hybridized carbons (Fsp3) is 0.562. The summed E-state index contributed by atoms with van der Waals surface area (Å²) in [7, 11) is 0. The van der Waals surface area contributed by atoms with Crippen molar-refractivity contribution in [1.29, 1.82) is 0 Å². The third kappa shape index (κ3) is 4.06. The summed E-state index contributed by atoms with van der Waals surface area (Å²) in [5, 5.41) is 0. The molecule has 0 aromatic carbocycles. The molecule has 0 bridgehead atoms. The van der Waals surface area contributed by atoms with Crippen molar-refractivity contribution < 1.29 is 0 Å². The molecule has 0 spiro atoms. The van der Waals surface area contributed by atoms with Gasteiger partial charge in [-0.05, 0) is 39.3 Å². The van der Waals surface area contributed by atoms with Gasteiger partial charge in [0, 0.05) is 50.3 Å². The molecule has 1 aliphatic heterocycles. The minimum atomic E-state index is 1.10. The van der Waals surface area contributed by atoms with E-state index in [1.165, 1.54) is 24.2 Å². The summed E-state index contributed by atoms with van der Waals surface area (Å²) in [5.74, 6) is 0. The second-order valence-corrected chi connectivity index (χ2v) is 5.41. The number of rotatable bonds is 3. The number of pyridine rings is 1. The van der Waals surface area contributed by atoms with Crippen LogP contribution in [0, 0.1) is 6.92 Å². The van der Waals surface area contributed by atoms with Crippen molar-refractivity contribution in [3.63, 3.8) is 0 Å². The lowest BCUT2D eigenvalue weighted by Crippen LogP contribution is -2.31. The smallest absolute Gasteiger partial charge is 0.0400 e. The third-order valence-electron chi connectivity index (χ3n) is 3.80. The highest BCUT2D eigenvalue weighted by Crippen LogP contribution is 2.17. The summed E-state index contributed by atoms with van der Waals surface area (Å²) in [6.07, 6.45) is 5.37. The Labute approximate surface area is 116 Å². The number of anilines is 1. The lowest BCUT2D eigenvalue weighted by molar-refractivity contribution is 0.318. The van der Waals surface area contributed by atoms with Crippen molar-refractivity contribution in [2.75, 3.05) is 37.6 Å². The molecule has 0 amide bonds. The zero-order valence-corrected chi connectivity index (χ0v) is 12.4. The lowest BCUT2D eigenvalue weighted by atomic mass is 10.2. The molecule has 1 aromatic heterocycles. The predicted molar refractivity (Wildman–Crippen MR) is 81.7 cm³/mol. The Morgan fingerprint density at radius 3 is 2.89 bits per heavy atom. The molecule has 1 aromatic rings. The molecule has 0 radical (unpaired) electrons. The van der Waals surface area contributed by atoms with E-state index < -0.39 is 0 Å². The maximum atomic E-state index is 4.28. The average molecular weight is 259 g/mol. The van der Waals surface area contributed by atoms with Gasteiger partial charge in [-0.15, -0.1) is 0 Å². The van der Waals surface area contributed by atoms with E-state index in [9.17, 15) is 0 Å². The number of hydrogen-bond donors (Lipinski definition) is 0. The fourth-order valence-corrected chi connectivity index (χ4v) is 2.56. The highest BCUT2D eigenvalue weighted by molar-refractivity contribution is 5.46. The first-order valence-corrected chi connectivity index (χ1v) is 7.21. The molecule has 0 N–H and O–H groups in total. The Morgan fingerprint density at radius 2 is 2.16 bits per heavy atom. The van der Waals surface area contributed by atoms with Gasteiger partial charge in [0.2, 0.25) is 0 Å². The lowest BCUT2D eigenvalue weighted by Gasteiger charge is -2.24. The first kappa shape index (κ1) is 14.1. The Kier molecular flexibility index (Phi) is 4.97. The van der Waals surface area contributed by atoms with Crippen LogP contribution in [0.1, 0.15) is 26.0 Å². The van der Waals surface area contributed by atoms with E-state index in [1.54, 1.807) is 0 Å². The van der Waals surface area contributed by atoms with E-state index in [-0.39, 0.29) is 0 Å². The predicted octanol–water partition coefficient (Wildman–Crippen LogP) is 2.87. The number of nitrogens with zero attached hydrogens (tertiary/aromatic N) is 3. The van der Waals surface area contributed by atoms with Crippen molar-refractivity contribution in [1.82, 2.24) is 9.88 Å². The molecule has 2 rings (SSSR count). The van der Waals surface area contributed by atoms with E-state index in [0.29, 0.717) is 0 Å². The SMILES string of the molecule is C/C=C(\C)CN1CCCN(c2ccnc(C)c2)CC1. The van der Waals surface area contributed by atoms with Crippen molar-refractivity contribution in [2.45, 2.75) is 27.2 Å². The quantitative estimate of drug-likeness (QED) is 0.778. The van der Waals surface area contributed by atoms with Gasteiger partial charge in [-0.1, -0.05) is 11.6 Å². The molecule has 0 saturated carbocycles. The van der Waals surface area contributed by atoms with Crippen molar-refractivity contribution in [2.24, 2.45) is 0 Å². The maximum Gasteiger partial charge on any atom is 0.0400 e. The molecule has 19 heavy (non-hydrogen) atoms. The summed E-state index contributed by atoms with van der Waals surface area (Å²) in [6, 6.07) is 4.31. The second-order valence-electron chi connectivity index (χ2n) is 5.41. The molecule has 3 nitrogen and oxygen atoms in total. The highest BCUT2D eigenvalue weighted by Gasteiger charge is 2.15. The number of aromatic nitrogens is 1. The molecule has 0 aliphatic carbocycles. The van der Waals surface area contributed by atoms with Crippen LogP contribution in [0.2, 0.25) is 0 Å². The highest BCUT2D eigenvalue weighted by atomic mass is 15.2. The Morgan fingerprint density at radius 1 is 1.32 bits per heavy atom. The minimum Gasteiger partial charge on any atom is -0.370 e. The first-order valence-electron chi connectivity index (χ1n) is 7.21. The van der Waals surface area contributed by atoms with Crippen LogP contribution >= 0.6 is 0 Å². The molecular weight excluding hydrogens is 234 g/mol. The van der Waals surface area contributed by atoms with Crippen LogP contribution in [0.3, 0.4) is 0 Å². The summed E-state index contributed by atoms with van der Waals surface area (Å²) in [5.41, 5.74) is 3.88. The Balaban J connectivity index is 1.97. The van der Waals surface area contributed by atoms with Crippen LogP contribution in [0.4, 0.5) is 5.69 Å². The molecule has 1 saturated heterocycles. The molecule has 0 unspecified atom stereocenters. The van der Waals surface area contributed by atoms with Crippen LogP contribution in [0.15, 0.2) is 30.0 Å². The standard InChI is InChI=1S/C16H25N3/c1-4-14(2)13-18-8-5-9-19(11-10-18)16-6-7-17-15(3)12-16/h4,6-7,12H,5,8-11,13H2,1-3H3/b14-4+. The third-order valence-corrected chi connectivity index (χ3v) is 3.80. The summed E-state index contributed by atoms with van der Waals surface area (Å²) in [6.45, 7) is 12.1. The van der Waals surface area contributed by atoms with Crippen LogP contribution in [0.25, 0.3) is 0 Å². The fourth-order valence-electron chi connectivity index (χ4n) is 2.56. The molecule has 1 fully saturated rings. The van der Waals surface area contributed by atoms with E-state index in [2.05, 4.69) is 53.8 Å². The van der Waals surface area contributed by atoms with Crippen LogP contribution in [-0.2, 0) is 0 Å². The second kappa shape index (κ2) is 6.71. The van der Waals surface area contributed by atoms with Gasteiger partial charge in [-0.2, -0.15) is 0 Å². The van der Waals surface area contributed by atoms with Crippen LogP contribution in [0.5, 0.6) is 0 Å². The summed E-state index contributed by atoms with van der Waals surface area (Å²) in [4.78, 5) is 9.32. The van der Waals surface area contributed by atoms with Gasteiger partial charge in [0.05, 0.1) is 0 Å². The summed E-state index contributed by atoms with van der Waals surface area (Å²) < 4.78 is 0.